The number of carbonyl (C=O) groups is 1. The lowest BCUT2D eigenvalue weighted by Crippen LogP contribution is -3.16. The van der Waals surface area contributed by atoms with Gasteiger partial charge in [-0.05, 0) is 30.0 Å². The summed E-state index contributed by atoms with van der Waals surface area (Å²) < 4.78 is 0. The quantitative estimate of drug-likeness (QED) is 0.789. The van der Waals surface area contributed by atoms with Gasteiger partial charge in [0.1, 0.15) is 0 Å². The normalized spacial score (nSPS) is 16.3. The highest BCUT2D eigenvalue weighted by Gasteiger charge is 2.24. The molecular formula is C23H32N3O+. The van der Waals surface area contributed by atoms with E-state index in [0.29, 0.717) is 12.5 Å². The minimum Gasteiger partial charge on any atom is -0.360 e. The van der Waals surface area contributed by atoms with Crippen LogP contribution in [0.1, 0.15) is 31.9 Å². The number of amides is 1. The number of hydrogen-bond acceptors (Lipinski definition) is 2. The van der Waals surface area contributed by atoms with E-state index < -0.39 is 0 Å². The molecule has 27 heavy (non-hydrogen) atoms. The zero-order valence-corrected chi connectivity index (χ0v) is 16.5. The van der Waals surface area contributed by atoms with Gasteiger partial charge in [-0.2, -0.15) is 0 Å². The number of quaternary nitrogens is 1. The monoisotopic (exact) mass is 366 g/mol. The average Bonchev–Trinajstić information content (AvgIpc) is 2.69. The van der Waals surface area contributed by atoms with Gasteiger partial charge in [0.25, 0.3) is 5.91 Å². The van der Waals surface area contributed by atoms with Crippen LogP contribution in [0.15, 0.2) is 60.7 Å². The van der Waals surface area contributed by atoms with Crippen LogP contribution in [-0.2, 0) is 4.79 Å². The van der Waals surface area contributed by atoms with E-state index in [1.165, 1.54) is 16.2 Å². The molecule has 1 saturated heterocycles. The summed E-state index contributed by atoms with van der Waals surface area (Å²) in [4.78, 5) is 16.5. The van der Waals surface area contributed by atoms with E-state index in [9.17, 15) is 4.79 Å². The molecule has 1 aliphatic rings. The Morgan fingerprint density at radius 3 is 2.19 bits per heavy atom. The van der Waals surface area contributed by atoms with Crippen molar-refractivity contribution < 1.29 is 9.69 Å². The Hall–Kier alpha value is -2.33. The van der Waals surface area contributed by atoms with Crippen molar-refractivity contribution in [2.45, 2.75) is 26.3 Å². The van der Waals surface area contributed by atoms with Crippen molar-refractivity contribution >= 4 is 11.6 Å². The first kappa shape index (κ1) is 19.4. The maximum Gasteiger partial charge on any atom is 0.275 e. The molecule has 2 aromatic rings. The van der Waals surface area contributed by atoms with Crippen molar-refractivity contribution in [3.63, 3.8) is 0 Å². The lowest BCUT2D eigenvalue weighted by atomic mass is 9.97. The van der Waals surface area contributed by atoms with Crippen LogP contribution in [0.2, 0.25) is 0 Å². The fourth-order valence-electron chi connectivity index (χ4n) is 3.80. The van der Waals surface area contributed by atoms with Gasteiger partial charge in [-0.25, -0.2) is 0 Å². The summed E-state index contributed by atoms with van der Waals surface area (Å²) in [7, 11) is 0. The van der Waals surface area contributed by atoms with Crippen molar-refractivity contribution in [2.75, 3.05) is 37.6 Å². The van der Waals surface area contributed by atoms with Gasteiger partial charge >= 0.3 is 0 Å². The van der Waals surface area contributed by atoms with Crippen LogP contribution in [0.4, 0.5) is 5.69 Å². The summed E-state index contributed by atoms with van der Waals surface area (Å²) in [6.07, 6.45) is 0.965. The summed E-state index contributed by atoms with van der Waals surface area (Å²) in [5.74, 6) is 0.699. The topological polar surface area (TPSA) is 36.8 Å². The van der Waals surface area contributed by atoms with Crippen LogP contribution >= 0.6 is 0 Å². The number of piperazine rings is 1. The molecule has 1 atom stereocenters. The molecule has 3 rings (SSSR count). The lowest BCUT2D eigenvalue weighted by molar-refractivity contribution is -0.892. The van der Waals surface area contributed by atoms with Crippen molar-refractivity contribution in [1.82, 2.24) is 5.32 Å². The van der Waals surface area contributed by atoms with Gasteiger partial charge in [-0.3, -0.25) is 4.79 Å². The zero-order chi connectivity index (χ0) is 19.1. The maximum absolute atomic E-state index is 12.7. The van der Waals surface area contributed by atoms with Gasteiger partial charge in [0.15, 0.2) is 6.54 Å². The molecule has 2 N–H and O–H groups in total. The standard InChI is InChI=1S/C23H31N3O/c1-19(2)17-22(20-9-5-3-6-10-20)24-23(27)18-25-13-15-26(16-14-25)21-11-7-4-8-12-21/h3-12,19,22H,13-18H2,1-2H3,(H,24,27)/p+1/t22-/m1/s1. The van der Waals surface area contributed by atoms with Crippen molar-refractivity contribution in [3.8, 4) is 0 Å². The molecule has 0 saturated carbocycles. The highest BCUT2D eigenvalue weighted by molar-refractivity contribution is 5.77. The van der Waals surface area contributed by atoms with E-state index in [4.69, 9.17) is 0 Å². The van der Waals surface area contributed by atoms with Crippen LogP contribution in [0.5, 0.6) is 0 Å². The molecule has 1 aliphatic heterocycles. The molecule has 2 aromatic carbocycles. The number of hydrogen-bond donors (Lipinski definition) is 2. The number of nitrogens with one attached hydrogen (secondary N) is 2. The number of carbonyl (C=O) groups excluding carboxylic acids is 1. The van der Waals surface area contributed by atoms with E-state index in [0.717, 1.165) is 32.6 Å². The second-order valence-electron chi connectivity index (χ2n) is 7.91. The minimum absolute atomic E-state index is 0.101. The Morgan fingerprint density at radius 1 is 1.00 bits per heavy atom. The molecular weight excluding hydrogens is 334 g/mol. The second-order valence-corrected chi connectivity index (χ2v) is 7.91. The van der Waals surface area contributed by atoms with Gasteiger partial charge < -0.3 is 15.1 Å². The number of benzene rings is 2. The second kappa shape index (κ2) is 9.56. The third-order valence-electron chi connectivity index (χ3n) is 5.25. The van der Waals surface area contributed by atoms with Crippen LogP contribution in [0.3, 0.4) is 0 Å². The summed E-state index contributed by atoms with van der Waals surface area (Å²) in [6.45, 7) is 8.98. The number of rotatable bonds is 7. The Kier molecular flexibility index (Phi) is 6.88. The molecule has 1 fully saturated rings. The fourth-order valence-corrected chi connectivity index (χ4v) is 3.80. The number of nitrogens with zero attached hydrogens (tertiary/aromatic N) is 1. The van der Waals surface area contributed by atoms with E-state index in [1.54, 1.807) is 0 Å². The van der Waals surface area contributed by atoms with E-state index >= 15 is 0 Å². The first-order valence-corrected chi connectivity index (χ1v) is 10.1. The van der Waals surface area contributed by atoms with Crippen LogP contribution < -0.4 is 15.1 Å². The Morgan fingerprint density at radius 2 is 1.59 bits per heavy atom. The highest BCUT2D eigenvalue weighted by Crippen LogP contribution is 2.20. The average molecular weight is 367 g/mol. The Balaban J connectivity index is 1.51. The first-order valence-electron chi connectivity index (χ1n) is 10.1. The van der Waals surface area contributed by atoms with Crippen molar-refractivity contribution in [2.24, 2.45) is 5.92 Å². The highest BCUT2D eigenvalue weighted by atomic mass is 16.2. The fraction of sp³-hybridized carbons (Fsp3) is 0.435. The molecule has 1 amide bonds. The molecule has 1 heterocycles. The predicted octanol–water partition coefficient (Wildman–Crippen LogP) is 2.30. The van der Waals surface area contributed by atoms with Gasteiger partial charge in [0.2, 0.25) is 0 Å². The van der Waals surface area contributed by atoms with Crippen molar-refractivity contribution in [1.29, 1.82) is 0 Å². The molecule has 0 unspecified atom stereocenters. The van der Waals surface area contributed by atoms with Gasteiger partial charge in [-0.15, -0.1) is 0 Å². The summed E-state index contributed by atoms with van der Waals surface area (Å²) in [5.41, 5.74) is 2.48. The SMILES string of the molecule is CC(C)C[C@@H](NC(=O)C[NH+]1CCN(c2ccccc2)CC1)c1ccccc1. The Labute approximate surface area is 163 Å². The molecule has 4 heteroatoms. The number of para-hydroxylation sites is 1. The van der Waals surface area contributed by atoms with Gasteiger partial charge in [0, 0.05) is 5.69 Å². The summed E-state index contributed by atoms with van der Waals surface area (Å²) in [6, 6.07) is 21.0. The van der Waals surface area contributed by atoms with Crippen LogP contribution in [0, 0.1) is 5.92 Å². The van der Waals surface area contributed by atoms with Crippen LogP contribution in [0.25, 0.3) is 0 Å². The first-order chi connectivity index (χ1) is 13.1. The third-order valence-corrected chi connectivity index (χ3v) is 5.25. The van der Waals surface area contributed by atoms with E-state index in [-0.39, 0.29) is 11.9 Å². The summed E-state index contributed by atoms with van der Waals surface area (Å²) >= 11 is 0. The lowest BCUT2D eigenvalue weighted by Gasteiger charge is -2.33. The molecule has 0 spiro atoms. The molecule has 0 aliphatic carbocycles. The molecule has 0 radical (unpaired) electrons. The molecule has 0 aromatic heterocycles. The smallest absolute Gasteiger partial charge is 0.275 e. The number of anilines is 1. The van der Waals surface area contributed by atoms with Crippen LogP contribution in [-0.4, -0.2) is 38.6 Å². The van der Waals surface area contributed by atoms with Gasteiger partial charge in [0.05, 0.1) is 32.2 Å². The Bertz CT molecular complexity index is 694. The molecule has 4 nitrogen and oxygen atoms in total. The van der Waals surface area contributed by atoms with E-state index in [2.05, 4.69) is 66.5 Å². The maximum atomic E-state index is 12.7. The molecule has 144 valence electrons. The largest absolute Gasteiger partial charge is 0.360 e. The third kappa shape index (κ3) is 5.83. The van der Waals surface area contributed by atoms with Crippen molar-refractivity contribution in [3.05, 3.63) is 66.2 Å². The van der Waals surface area contributed by atoms with E-state index in [1.807, 2.05) is 18.2 Å². The molecule has 0 bridgehead atoms. The zero-order valence-electron chi connectivity index (χ0n) is 16.5. The van der Waals surface area contributed by atoms with Gasteiger partial charge in [-0.1, -0.05) is 62.4 Å². The minimum atomic E-state index is 0.101. The summed E-state index contributed by atoms with van der Waals surface area (Å²) in [5, 5.41) is 3.28. The predicted molar refractivity (Wildman–Crippen MR) is 111 cm³/mol.